The monoisotopic (exact) mass is 298 g/mol. The molecule has 0 atom stereocenters. The van der Waals surface area contributed by atoms with E-state index < -0.39 is 5.69 Å². The molecule has 0 spiro atoms. The van der Waals surface area contributed by atoms with Gasteiger partial charge in [0.05, 0.1) is 11.1 Å². The molecular formula is C15H14N4O3. The molecule has 0 saturated heterocycles. The van der Waals surface area contributed by atoms with Crippen LogP contribution in [0.5, 0.6) is 0 Å². The fraction of sp³-hybridized carbons (Fsp3) is 0.200. The summed E-state index contributed by atoms with van der Waals surface area (Å²) in [6.07, 6.45) is 0. The van der Waals surface area contributed by atoms with E-state index in [-0.39, 0.29) is 11.5 Å². The van der Waals surface area contributed by atoms with Crippen molar-refractivity contribution in [2.75, 3.05) is 5.32 Å². The van der Waals surface area contributed by atoms with Gasteiger partial charge in [0, 0.05) is 26.7 Å². The molecule has 0 aliphatic carbocycles. The lowest BCUT2D eigenvalue weighted by atomic mass is 10.1. The highest BCUT2D eigenvalue weighted by Crippen LogP contribution is 2.25. The molecule has 0 bridgehead atoms. The van der Waals surface area contributed by atoms with E-state index >= 15 is 0 Å². The maximum absolute atomic E-state index is 12.2. The number of aryl methyl sites for hydroxylation is 1. The number of aromatic nitrogens is 3. The van der Waals surface area contributed by atoms with Gasteiger partial charge in [-0.2, -0.15) is 4.98 Å². The second-order valence-electron chi connectivity index (χ2n) is 5.15. The SMILES string of the molecule is CC(=O)Nc1ccc2cc3c(=O)n(C)c(=O)nc-3n(C)c2c1. The molecule has 1 amide bonds. The summed E-state index contributed by atoms with van der Waals surface area (Å²) in [5.41, 5.74) is 0.813. The van der Waals surface area contributed by atoms with Crippen LogP contribution in [0.2, 0.25) is 0 Å². The smallest absolute Gasteiger partial charge is 0.328 e. The van der Waals surface area contributed by atoms with Crippen molar-refractivity contribution in [3.8, 4) is 11.4 Å². The van der Waals surface area contributed by atoms with Gasteiger partial charge >= 0.3 is 5.69 Å². The topological polar surface area (TPSA) is 86.0 Å². The molecule has 2 heterocycles. The van der Waals surface area contributed by atoms with E-state index in [0.717, 1.165) is 15.5 Å². The minimum atomic E-state index is -0.592. The summed E-state index contributed by atoms with van der Waals surface area (Å²) >= 11 is 0. The molecule has 22 heavy (non-hydrogen) atoms. The van der Waals surface area contributed by atoms with E-state index in [1.165, 1.54) is 14.0 Å². The minimum absolute atomic E-state index is 0.170. The number of anilines is 1. The Morgan fingerprint density at radius 2 is 1.86 bits per heavy atom. The first-order chi connectivity index (χ1) is 10.4. The number of rotatable bonds is 1. The molecule has 0 fully saturated rings. The average molecular weight is 298 g/mol. The zero-order chi connectivity index (χ0) is 16.0. The summed E-state index contributed by atoms with van der Waals surface area (Å²) in [5.74, 6) is 0.150. The molecule has 0 saturated carbocycles. The van der Waals surface area contributed by atoms with E-state index in [1.54, 1.807) is 29.8 Å². The van der Waals surface area contributed by atoms with Crippen molar-refractivity contribution in [2.45, 2.75) is 6.92 Å². The first-order valence-corrected chi connectivity index (χ1v) is 6.66. The lowest BCUT2D eigenvalue weighted by molar-refractivity contribution is -0.114. The maximum Gasteiger partial charge on any atom is 0.352 e. The molecule has 1 N–H and O–H groups in total. The average Bonchev–Trinajstić information content (AvgIpc) is 2.47. The van der Waals surface area contributed by atoms with E-state index in [2.05, 4.69) is 10.3 Å². The molecule has 7 nitrogen and oxygen atoms in total. The first-order valence-electron chi connectivity index (χ1n) is 6.66. The predicted octanol–water partition coefficient (Wildman–Crippen LogP) is 0.695. The normalized spacial score (nSPS) is 11.0. The van der Waals surface area contributed by atoms with E-state index in [9.17, 15) is 14.4 Å². The van der Waals surface area contributed by atoms with Crippen molar-refractivity contribution in [3.63, 3.8) is 0 Å². The zero-order valence-electron chi connectivity index (χ0n) is 12.4. The molecule has 1 aromatic carbocycles. The Balaban J connectivity index is 2.40. The van der Waals surface area contributed by atoms with Crippen LogP contribution >= 0.6 is 0 Å². The van der Waals surface area contributed by atoms with Crippen LogP contribution in [0.4, 0.5) is 5.69 Å². The van der Waals surface area contributed by atoms with Crippen molar-refractivity contribution in [3.05, 3.63) is 45.1 Å². The van der Waals surface area contributed by atoms with Gasteiger partial charge in [-0.3, -0.25) is 14.2 Å². The van der Waals surface area contributed by atoms with E-state index in [0.29, 0.717) is 17.1 Å². The van der Waals surface area contributed by atoms with Gasteiger partial charge in [0.1, 0.15) is 0 Å². The second kappa shape index (κ2) is 4.80. The highest BCUT2D eigenvalue weighted by atomic mass is 16.2. The Hall–Kier alpha value is -2.96. The maximum atomic E-state index is 12.2. The number of benzene rings is 1. The van der Waals surface area contributed by atoms with Gasteiger partial charge in [-0.05, 0) is 23.6 Å². The molecule has 0 unspecified atom stereocenters. The molecule has 112 valence electrons. The molecule has 7 heteroatoms. The van der Waals surface area contributed by atoms with Crippen LogP contribution in [0.1, 0.15) is 6.92 Å². The number of carbonyl (C=O) groups excluding carboxylic acids is 1. The Bertz CT molecular complexity index is 1000. The van der Waals surface area contributed by atoms with Crippen LogP contribution in [0, 0.1) is 0 Å². The van der Waals surface area contributed by atoms with Gasteiger partial charge in [0.25, 0.3) is 5.56 Å². The summed E-state index contributed by atoms with van der Waals surface area (Å²) < 4.78 is 2.67. The first kappa shape index (κ1) is 14.0. The number of amides is 1. The van der Waals surface area contributed by atoms with Crippen molar-refractivity contribution < 1.29 is 4.79 Å². The molecule has 1 aromatic rings. The number of carbonyl (C=O) groups is 1. The quantitative estimate of drug-likeness (QED) is 0.670. The van der Waals surface area contributed by atoms with Gasteiger partial charge in [0.15, 0.2) is 5.82 Å². The molecular weight excluding hydrogens is 284 g/mol. The highest BCUT2D eigenvalue weighted by Gasteiger charge is 2.16. The third-order valence-corrected chi connectivity index (χ3v) is 3.59. The van der Waals surface area contributed by atoms with Gasteiger partial charge in [-0.15, -0.1) is 0 Å². The molecule has 0 aromatic heterocycles. The van der Waals surface area contributed by atoms with Crippen LogP contribution < -0.4 is 16.6 Å². The predicted molar refractivity (Wildman–Crippen MR) is 83.2 cm³/mol. The van der Waals surface area contributed by atoms with Gasteiger partial charge in [-0.1, -0.05) is 6.07 Å². The van der Waals surface area contributed by atoms with Gasteiger partial charge in [0.2, 0.25) is 5.91 Å². The fourth-order valence-corrected chi connectivity index (χ4v) is 2.48. The highest BCUT2D eigenvalue weighted by molar-refractivity contribution is 5.93. The van der Waals surface area contributed by atoms with Crippen molar-refractivity contribution in [1.82, 2.24) is 14.1 Å². The van der Waals surface area contributed by atoms with Gasteiger partial charge < -0.3 is 9.88 Å². The van der Waals surface area contributed by atoms with Crippen molar-refractivity contribution in [1.29, 1.82) is 0 Å². The number of hydrogen-bond donors (Lipinski definition) is 1. The van der Waals surface area contributed by atoms with Crippen LogP contribution in [0.25, 0.3) is 22.3 Å². The van der Waals surface area contributed by atoms with Crippen LogP contribution in [-0.2, 0) is 18.9 Å². The summed E-state index contributed by atoms with van der Waals surface area (Å²) in [6.45, 7) is 1.43. The summed E-state index contributed by atoms with van der Waals surface area (Å²) in [4.78, 5) is 39.1. The van der Waals surface area contributed by atoms with Crippen LogP contribution in [0.3, 0.4) is 0 Å². The minimum Gasteiger partial charge on any atom is -0.328 e. The lowest BCUT2D eigenvalue weighted by Crippen LogP contribution is -2.35. The number of pyridine rings is 1. The summed E-state index contributed by atoms with van der Waals surface area (Å²) in [7, 11) is 3.13. The fourth-order valence-electron chi connectivity index (χ4n) is 2.48. The van der Waals surface area contributed by atoms with E-state index in [1.807, 2.05) is 6.07 Å². The zero-order valence-corrected chi connectivity index (χ0v) is 12.4. The third kappa shape index (κ3) is 2.07. The number of fused-ring (bicyclic) bond motifs is 2. The van der Waals surface area contributed by atoms with Crippen molar-refractivity contribution in [2.24, 2.45) is 14.1 Å². The van der Waals surface area contributed by atoms with Gasteiger partial charge in [-0.25, -0.2) is 4.79 Å². The molecule has 2 aliphatic rings. The third-order valence-electron chi connectivity index (χ3n) is 3.59. The Morgan fingerprint density at radius 3 is 2.55 bits per heavy atom. The molecule has 0 radical (unpaired) electrons. The number of hydrogen-bond acceptors (Lipinski definition) is 4. The second-order valence-corrected chi connectivity index (χ2v) is 5.15. The summed E-state index contributed by atoms with van der Waals surface area (Å²) in [6, 6.07) is 7.05. The van der Waals surface area contributed by atoms with Crippen LogP contribution in [-0.4, -0.2) is 20.0 Å². The summed E-state index contributed by atoms with van der Waals surface area (Å²) in [5, 5.41) is 3.52. The number of nitrogens with one attached hydrogen (secondary N) is 1. The Kier molecular flexibility index (Phi) is 3.05. The van der Waals surface area contributed by atoms with E-state index in [4.69, 9.17) is 0 Å². The van der Waals surface area contributed by atoms with Crippen LogP contribution in [0.15, 0.2) is 33.9 Å². The Morgan fingerprint density at radius 1 is 1.14 bits per heavy atom. The largest absolute Gasteiger partial charge is 0.352 e. The Labute approximate surface area is 125 Å². The molecule has 3 rings (SSSR count). The van der Waals surface area contributed by atoms with Crippen molar-refractivity contribution >= 4 is 22.5 Å². The number of nitrogens with zero attached hydrogens (tertiary/aromatic N) is 3. The standard InChI is InChI=1S/C15H14N4O3/c1-8(20)16-10-5-4-9-6-11-13(18(2)12(9)7-10)17-15(22)19(3)14(11)21/h4-7H,1-3H3,(H,16,20). The lowest BCUT2D eigenvalue weighted by Gasteiger charge is -2.15. The molecule has 2 aliphatic heterocycles.